The molecule has 2 saturated heterocycles. The zero-order valence-corrected chi connectivity index (χ0v) is 26.5. The fourth-order valence-corrected chi connectivity index (χ4v) is 5.79. The lowest BCUT2D eigenvalue weighted by Gasteiger charge is -2.21. The van der Waals surface area contributed by atoms with E-state index in [9.17, 15) is 14.4 Å². The topological polar surface area (TPSA) is 92.3 Å². The Bertz CT molecular complexity index is 1580. The Morgan fingerprint density at radius 1 is 0.911 bits per heavy atom. The van der Waals surface area contributed by atoms with Gasteiger partial charge in [0.2, 0.25) is 0 Å². The lowest BCUT2D eigenvalue weighted by atomic mass is 10.1. The van der Waals surface area contributed by atoms with E-state index in [4.69, 9.17) is 14.0 Å². The third-order valence-corrected chi connectivity index (χ3v) is 8.39. The van der Waals surface area contributed by atoms with E-state index in [2.05, 4.69) is 59.7 Å². The number of hydrogen-bond donors (Lipinski definition) is 0. The van der Waals surface area contributed by atoms with Crippen molar-refractivity contribution in [2.75, 3.05) is 37.7 Å². The van der Waals surface area contributed by atoms with Crippen LogP contribution in [0.3, 0.4) is 0 Å². The average molecular weight is 615 g/mol. The molecule has 45 heavy (non-hydrogen) atoms. The highest BCUT2D eigenvalue weighted by atomic mass is 16.7. The molecule has 2 amide bonds. The molecular formula is C36H44N3O6+. The number of carbonyl (C=O) groups is 3. The molecule has 9 heteroatoms. The molecular weight excluding hydrogens is 570 g/mol. The molecule has 1 aromatic heterocycles. The summed E-state index contributed by atoms with van der Waals surface area (Å²) in [5, 5.41) is 1.69. The summed E-state index contributed by atoms with van der Waals surface area (Å²) in [6.45, 7) is 8.81. The highest BCUT2D eigenvalue weighted by Crippen LogP contribution is 2.25. The van der Waals surface area contributed by atoms with E-state index in [0.29, 0.717) is 18.1 Å². The minimum atomic E-state index is -0.562. The van der Waals surface area contributed by atoms with Gasteiger partial charge in [-0.15, -0.1) is 5.06 Å². The largest absolute Gasteiger partial charge is 0.494 e. The van der Waals surface area contributed by atoms with E-state index >= 15 is 0 Å². The van der Waals surface area contributed by atoms with E-state index in [1.54, 1.807) is 0 Å². The van der Waals surface area contributed by atoms with E-state index in [1.807, 2.05) is 24.3 Å². The van der Waals surface area contributed by atoms with Crippen LogP contribution in [0.2, 0.25) is 0 Å². The number of ether oxygens (including phenoxy) is 1. The van der Waals surface area contributed by atoms with Crippen LogP contribution in [0.15, 0.2) is 52.9 Å². The third kappa shape index (κ3) is 8.41. The van der Waals surface area contributed by atoms with Gasteiger partial charge in [0.25, 0.3) is 11.8 Å². The fourth-order valence-electron chi connectivity index (χ4n) is 5.79. The molecule has 2 fully saturated rings. The number of hydrogen-bond acceptors (Lipinski definition) is 7. The second-order valence-electron chi connectivity index (χ2n) is 11.5. The summed E-state index contributed by atoms with van der Waals surface area (Å²) in [7, 11) is 0. The molecule has 0 atom stereocenters. The molecule has 2 aliphatic heterocycles. The molecule has 9 nitrogen and oxygen atoms in total. The monoisotopic (exact) mass is 614 g/mol. The highest BCUT2D eigenvalue weighted by Gasteiger charge is 2.32. The maximum atomic E-state index is 11.9. The number of amides is 2. The summed E-state index contributed by atoms with van der Waals surface area (Å²) < 4.78 is 14.8. The van der Waals surface area contributed by atoms with Crippen LogP contribution in [-0.4, -0.2) is 55.6 Å². The van der Waals surface area contributed by atoms with Gasteiger partial charge in [-0.3, -0.25) is 9.59 Å². The van der Waals surface area contributed by atoms with Crippen LogP contribution in [-0.2, 0) is 19.2 Å². The van der Waals surface area contributed by atoms with Crippen LogP contribution in [0.1, 0.15) is 82.8 Å². The first-order valence-corrected chi connectivity index (χ1v) is 16.3. The van der Waals surface area contributed by atoms with E-state index < -0.39 is 17.8 Å². The fraction of sp³-hybridized carbons (Fsp3) is 0.444. The van der Waals surface area contributed by atoms with Crippen molar-refractivity contribution < 1.29 is 28.4 Å². The van der Waals surface area contributed by atoms with Crippen LogP contribution in [0.25, 0.3) is 23.1 Å². The molecule has 3 aromatic rings. The van der Waals surface area contributed by atoms with Crippen molar-refractivity contribution in [3.8, 4) is 5.75 Å². The second kappa shape index (κ2) is 15.5. The predicted octanol–water partition coefficient (Wildman–Crippen LogP) is 5.95. The number of piperidine rings is 1. The van der Waals surface area contributed by atoms with Crippen LogP contribution in [0.5, 0.6) is 5.75 Å². The van der Waals surface area contributed by atoms with Crippen molar-refractivity contribution in [2.45, 2.75) is 71.6 Å². The first-order valence-electron chi connectivity index (χ1n) is 16.3. The molecule has 0 N–H and O–H groups in total. The Morgan fingerprint density at radius 3 is 2.36 bits per heavy atom. The summed E-state index contributed by atoms with van der Waals surface area (Å²) in [6.07, 6.45) is 10.4. The van der Waals surface area contributed by atoms with Crippen molar-refractivity contribution in [3.05, 3.63) is 65.2 Å². The number of fused-ring (bicyclic) bond motifs is 1. The van der Waals surface area contributed by atoms with Gasteiger partial charge in [0.05, 0.1) is 12.7 Å². The number of anilines is 1. The molecule has 0 unspecified atom stereocenters. The van der Waals surface area contributed by atoms with Gasteiger partial charge in [-0.05, 0) is 74.9 Å². The molecule has 0 radical (unpaired) electrons. The second-order valence-corrected chi connectivity index (χ2v) is 11.5. The van der Waals surface area contributed by atoms with Crippen LogP contribution in [0, 0.1) is 0 Å². The molecule has 2 aromatic carbocycles. The van der Waals surface area contributed by atoms with E-state index in [1.165, 1.54) is 24.9 Å². The summed E-state index contributed by atoms with van der Waals surface area (Å²) in [5.74, 6) is -0.690. The first kappa shape index (κ1) is 32.0. The Hall–Kier alpha value is -4.40. The minimum Gasteiger partial charge on any atom is -0.494 e. The molecule has 0 bridgehead atoms. The van der Waals surface area contributed by atoms with Gasteiger partial charge in [0.15, 0.2) is 0 Å². The molecule has 3 heterocycles. The zero-order valence-electron chi connectivity index (χ0n) is 26.5. The Balaban J connectivity index is 1.17. The maximum Gasteiger partial charge on any atom is 0.368 e. The first-order chi connectivity index (χ1) is 21.9. The standard InChI is InChI=1S/C36H44N3O6/c1-3-37(4-2)29-16-19-31-28(25-35(44-32(31)26-29)38-22-8-6-9-23-38)15-12-27-13-17-30(18-14-27)43-24-10-5-7-11-36(42)45-39-33(40)20-21-34(39)41/h12-19,25-26H,3-11,20-24H2,1-2H3/q+1/b15-12+. The molecule has 0 saturated carbocycles. The van der Waals surface area contributed by atoms with Crippen LogP contribution in [0.4, 0.5) is 5.69 Å². The maximum absolute atomic E-state index is 11.9. The Labute approximate surface area is 264 Å². The number of hydroxylamine groups is 2. The average Bonchev–Trinajstić information content (AvgIpc) is 3.38. The highest BCUT2D eigenvalue weighted by molar-refractivity contribution is 6.01. The predicted molar refractivity (Wildman–Crippen MR) is 175 cm³/mol. The summed E-state index contributed by atoms with van der Waals surface area (Å²) >= 11 is 0. The van der Waals surface area contributed by atoms with Gasteiger partial charge >= 0.3 is 11.5 Å². The van der Waals surface area contributed by atoms with E-state index in [0.717, 1.165) is 72.4 Å². The molecule has 0 aliphatic carbocycles. The SMILES string of the molecule is CCN(CC)c1ccc2c(/C=C/c3ccc(OCCCCCC(=O)ON4C(=O)CCC4=O)cc3)cc(=[N+]3CCCCC3)oc2c1. The number of rotatable bonds is 13. The summed E-state index contributed by atoms with van der Waals surface area (Å²) in [4.78, 5) is 42.3. The van der Waals surface area contributed by atoms with Crippen molar-refractivity contribution in [3.63, 3.8) is 0 Å². The van der Waals surface area contributed by atoms with Crippen molar-refractivity contribution >= 4 is 46.6 Å². The summed E-state index contributed by atoms with van der Waals surface area (Å²) in [5.41, 5.74) is 5.21. The normalized spacial score (nSPS) is 15.3. The van der Waals surface area contributed by atoms with Gasteiger partial charge in [-0.1, -0.05) is 24.3 Å². The number of nitrogens with zero attached hydrogens (tertiary/aromatic N) is 3. The number of imide groups is 1. The molecule has 5 rings (SSSR count). The van der Waals surface area contributed by atoms with Gasteiger partial charge < -0.3 is 18.9 Å². The number of unbranched alkanes of at least 4 members (excludes halogenated alkanes) is 2. The number of benzene rings is 2. The zero-order chi connectivity index (χ0) is 31.6. The molecule has 0 spiro atoms. The number of carbonyl (C=O) groups excluding carboxylic acids is 3. The smallest absolute Gasteiger partial charge is 0.368 e. The van der Waals surface area contributed by atoms with Crippen LogP contribution < -0.4 is 19.8 Å². The molecule has 2 aliphatic rings. The van der Waals surface area contributed by atoms with Gasteiger partial charge in [-0.25, -0.2) is 4.79 Å². The van der Waals surface area contributed by atoms with Crippen molar-refractivity contribution in [2.24, 2.45) is 0 Å². The van der Waals surface area contributed by atoms with Crippen molar-refractivity contribution in [1.82, 2.24) is 9.64 Å². The lowest BCUT2D eigenvalue weighted by Crippen LogP contribution is -2.34. The molecule has 238 valence electrons. The van der Waals surface area contributed by atoms with Gasteiger partial charge in [-0.2, -0.15) is 4.58 Å². The Morgan fingerprint density at radius 2 is 1.64 bits per heavy atom. The van der Waals surface area contributed by atoms with Gasteiger partial charge in [0.1, 0.15) is 24.4 Å². The lowest BCUT2D eigenvalue weighted by molar-refractivity contribution is -0.197. The van der Waals surface area contributed by atoms with E-state index in [-0.39, 0.29) is 19.3 Å². The summed E-state index contributed by atoms with van der Waals surface area (Å²) in [6, 6.07) is 16.7. The van der Waals surface area contributed by atoms with Gasteiger partial charge in [0, 0.05) is 62.3 Å². The quantitative estimate of drug-likeness (QED) is 0.133. The van der Waals surface area contributed by atoms with Crippen LogP contribution >= 0.6 is 0 Å². The minimum absolute atomic E-state index is 0.0966. The Kier molecular flexibility index (Phi) is 11.1. The third-order valence-electron chi connectivity index (χ3n) is 8.39. The van der Waals surface area contributed by atoms with Crippen molar-refractivity contribution in [1.29, 1.82) is 0 Å².